The zero-order valence-corrected chi connectivity index (χ0v) is 14.6. The first-order valence-corrected chi connectivity index (χ1v) is 8.57. The van der Waals surface area contributed by atoms with Gasteiger partial charge in [-0.2, -0.15) is 0 Å². The van der Waals surface area contributed by atoms with E-state index in [2.05, 4.69) is 10.5 Å². The van der Waals surface area contributed by atoms with Crippen molar-refractivity contribution >= 4 is 23.2 Å². The fraction of sp³-hybridized carbons (Fsp3) is 0.263. The monoisotopic (exact) mass is 360 g/mol. The number of ether oxygens (including phenoxy) is 1. The van der Waals surface area contributed by atoms with Crippen LogP contribution in [0.2, 0.25) is 0 Å². The fourth-order valence-corrected chi connectivity index (χ4v) is 2.30. The molecule has 0 saturated carbocycles. The Hall–Kier alpha value is -2.53. The molecule has 0 aliphatic carbocycles. The molecule has 0 fully saturated rings. The fourth-order valence-electron chi connectivity index (χ4n) is 2.17. The maximum Gasteiger partial charge on any atom is 0.269 e. The number of alkyl halides is 1. The molecule has 25 heavy (non-hydrogen) atoms. The number of nitrogens with zero attached hydrogens (tertiary/aromatic N) is 1. The molecule has 2 N–H and O–H groups in total. The molecule has 1 amide bonds. The lowest BCUT2D eigenvalue weighted by atomic mass is 10.1. The van der Waals surface area contributed by atoms with Crippen LogP contribution in [-0.2, 0) is 17.8 Å². The van der Waals surface area contributed by atoms with Gasteiger partial charge in [-0.1, -0.05) is 47.6 Å². The van der Waals surface area contributed by atoms with E-state index in [-0.39, 0.29) is 12.1 Å². The number of hydrogen-bond donors (Lipinski definition) is 2. The summed E-state index contributed by atoms with van der Waals surface area (Å²) in [6.07, 6.45) is 0.904. The lowest BCUT2D eigenvalue weighted by molar-refractivity contribution is -0.115. The molecule has 0 spiro atoms. The van der Waals surface area contributed by atoms with Gasteiger partial charge in [-0.3, -0.25) is 4.79 Å². The van der Waals surface area contributed by atoms with Crippen LogP contribution in [0, 0.1) is 0 Å². The van der Waals surface area contributed by atoms with Gasteiger partial charge in [0.15, 0.2) is 0 Å². The molecule has 0 unspecified atom stereocenters. The lowest BCUT2D eigenvalue weighted by Crippen LogP contribution is -2.33. The third kappa shape index (κ3) is 6.47. The first-order valence-electron chi connectivity index (χ1n) is 8.03. The van der Waals surface area contributed by atoms with Crippen molar-refractivity contribution in [1.29, 1.82) is 0 Å². The molecule has 0 saturated heterocycles. The minimum absolute atomic E-state index is 0.0625. The van der Waals surface area contributed by atoms with Gasteiger partial charge in [-0.05, 0) is 29.7 Å². The van der Waals surface area contributed by atoms with E-state index >= 15 is 0 Å². The van der Waals surface area contributed by atoms with E-state index in [0.717, 1.165) is 16.9 Å². The predicted molar refractivity (Wildman–Crippen MR) is 98.5 cm³/mol. The third-order valence-corrected chi connectivity index (χ3v) is 3.79. The molecule has 0 radical (unpaired) electrons. The van der Waals surface area contributed by atoms with Crippen molar-refractivity contribution < 1.29 is 14.7 Å². The number of carbonyl (C=O) groups excluding carboxylic acids is 1. The molecule has 2 rings (SSSR count). The molecule has 0 bridgehead atoms. The second-order valence-electron chi connectivity index (χ2n) is 5.44. The Morgan fingerprint density at radius 1 is 1.08 bits per heavy atom. The smallest absolute Gasteiger partial charge is 0.269 e. The number of rotatable bonds is 9. The number of carbonyl (C=O) groups is 1. The SMILES string of the molecule is O=C(NCCCCl)/C(Cc1ccc(OCc2ccccc2)cc1)=N\O. The van der Waals surface area contributed by atoms with Crippen molar-refractivity contribution in [2.45, 2.75) is 19.4 Å². The summed E-state index contributed by atoms with van der Waals surface area (Å²) in [6.45, 7) is 0.945. The van der Waals surface area contributed by atoms with Gasteiger partial charge >= 0.3 is 0 Å². The van der Waals surface area contributed by atoms with Crippen molar-refractivity contribution in [3.63, 3.8) is 0 Å². The van der Waals surface area contributed by atoms with Gasteiger partial charge in [0, 0.05) is 18.8 Å². The minimum atomic E-state index is -0.392. The largest absolute Gasteiger partial charge is 0.489 e. The zero-order valence-electron chi connectivity index (χ0n) is 13.8. The summed E-state index contributed by atoms with van der Waals surface area (Å²) in [5.41, 5.74) is 2.01. The second-order valence-corrected chi connectivity index (χ2v) is 5.82. The van der Waals surface area contributed by atoms with Crippen LogP contribution in [0.1, 0.15) is 17.5 Å². The number of halogens is 1. The summed E-state index contributed by atoms with van der Waals surface area (Å²) in [6, 6.07) is 17.3. The quantitative estimate of drug-likeness (QED) is 0.237. The van der Waals surface area contributed by atoms with Gasteiger partial charge < -0.3 is 15.3 Å². The van der Waals surface area contributed by atoms with Crippen LogP contribution in [-0.4, -0.2) is 29.3 Å². The first-order chi connectivity index (χ1) is 12.2. The van der Waals surface area contributed by atoms with Gasteiger partial charge in [0.2, 0.25) is 0 Å². The highest BCUT2D eigenvalue weighted by molar-refractivity contribution is 6.39. The van der Waals surface area contributed by atoms with Crippen LogP contribution < -0.4 is 10.1 Å². The van der Waals surface area contributed by atoms with Crippen LogP contribution in [0.25, 0.3) is 0 Å². The average molecular weight is 361 g/mol. The van der Waals surface area contributed by atoms with Crippen molar-refractivity contribution in [1.82, 2.24) is 5.32 Å². The van der Waals surface area contributed by atoms with E-state index in [4.69, 9.17) is 21.5 Å². The number of oxime groups is 1. The first kappa shape index (κ1) is 18.8. The Kier molecular flexibility index (Phi) is 7.79. The van der Waals surface area contributed by atoms with E-state index in [1.165, 1.54) is 0 Å². The standard InChI is InChI=1S/C19H21ClN2O3/c20-11-4-12-21-19(23)18(22-24)13-15-7-9-17(10-8-15)25-14-16-5-2-1-3-6-16/h1-3,5-10,24H,4,11-14H2,(H,21,23)/b22-18-. The van der Waals surface area contributed by atoms with Crippen molar-refractivity contribution in [3.05, 3.63) is 65.7 Å². The van der Waals surface area contributed by atoms with Gasteiger partial charge in [-0.25, -0.2) is 0 Å². The number of amides is 1. The maximum atomic E-state index is 11.9. The Labute approximate surface area is 152 Å². The van der Waals surface area contributed by atoms with Gasteiger partial charge in [-0.15, -0.1) is 11.6 Å². The zero-order chi connectivity index (χ0) is 17.9. The highest BCUT2D eigenvalue weighted by Crippen LogP contribution is 2.15. The molecule has 132 valence electrons. The third-order valence-electron chi connectivity index (χ3n) is 3.52. The molecule has 0 aliphatic heterocycles. The molecular weight excluding hydrogens is 340 g/mol. The van der Waals surface area contributed by atoms with Crippen LogP contribution in [0.3, 0.4) is 0 Å². The van der Waals surface area contributed by atoms with E-state index in [9.17, 15) is 4.79 Å². The van der Waals surface area contributed by atoms with Gasteiger partial charge in [0.25, 0.3) is 5.91 Å². The Balaban J connectivity index is 1.87. The molecule has 0 atom stereocenters. The molecule has 0 aromatic heterocycles. The Morgan fingerprint density at radius 2 is 1.80 bits per heavy atom. The Morgan fingerprint density at radius 3 is 2.44 bits per heavy atom. The predicted octanol–water partition coefficient (Wildman–Crippen LogP) is 3.38. The summed E-state index contributed by atoms with van der Waals surface area (Å²) in [7, 11) is 0. The van der Waals surface area contributed by atoms with Gasteiger partial charge in [0.05, 0.1) is 0 Å². The van der Waals surface area contributed by atoms with Crippen molar-refractivity contribution in [2.24, 2.45) is 5.16 Å². The molecule has 6 heteroatoms. The minimum Gasteiger partial charge on any atom is -0.489 e. The van der Waals surface area contributed by atoms with Crippen LogP contribution in [0.4, 0.5) is 0 Å². The van der Waals surface area contributed by atoms with Crippen LogP contribution in [0.15, 0.2) is 59.8 Å². The summed E-state index contributed by atoms with van der Waals surface area (Å²) in [5.74, 6) is 0.815. The normalized spacial score (nSPS) is 11.2. The molecule has 2 aromatic carbocycles. The van der Waals surface area contributed by atoms with E-state index in [1.807, 2.05) is 54.6 Å². The lowest BCUT2D eigenvalue weighted by Gasteiger charge is -2.08. The van der Waals surface area contributed by atoms with Crippen LogP contribution in [0.5, 0.6) is 5.75 Å². The van der Waals surface area contributed by atoms with E-state index < -0.39 is 5.91 Å². The molecule has 5 nitrogen and oxygen atoms in total. The molecule has 0 heterocycles. The van der Waals surface area contributed by atoms with E-state index in [1.54, 1.807) is 0 Å². The van der Waals surface area contributed by atoms with Crippen molar-refractivity contribution in [2.75, 3.05) is 12.4 Å². The van der Waals surface area contributed by atoms with E-state index in [0.29, 0.717) is 25.5 Å². The molecular formula is C19H21ClN2O3. The van der Waals surface area contributed by atoms with Gasteiger partial charge in [0.1, 0.15) is 18.1 Å². The Bertz CT molecular complexity index is 688. The summed E-state index contributed by atoms with van der Waals surface area (Å²) in [5, 5.41) is 14.8. The topological polar surface area (TPSA) is 70.9 Å². The highest BCUT2D eigenvalue weighted by atomic mass is 35.5. The highest BCUT2D eigenvalue weighted by Gasteiger charge is 2.12. The molecule has 0 aliphatic rings. The number of benzene rings is 2. The number of nitrogens with one attached hydrogen (secondary N) is 1. The average Bonchev–Trinajstić information content (AvgIpc) is 2.66. The second kappa shape index (κ2) is 10.4. The van der Waals surface area contributed by atoms with Crippen molar-refractivity contribution in [3.8, 4) is 5.75 Å². The van der Waals surface area contributed by atoms with Crippen LogP contribution >= 0.6 is 11.6 Å². The molecule has 2 aromatic rings. The summed E-state index contributed by atoms with van der Waals surface area (Å²) in [4.78, 5) is 11.9. The summed E-state index contributed by atoms with van der Waals surface area (Å²) < 4.78 is 5.72. The number of hydrogen-bond acceptors (Lipinski definition) is 4. The summed E-state index contributed by atoms with van der Waals surface area (Å²) >= 11 is 5.57. The maximum absolute atomic E-state index is 11.9.